The minimum absolute atomic E-state index is 0.0618. The van der Waals surface area contributed by atoms with Crippen molar-refractivity contribution in [3.05, 3.63) is 18.2 Å². The van der Waals surface area contributed by atoms with E-state index < -0.39 is 0 Å². The third-order valence-electron chi connectivity index (χ3n) is 3.90. The van der Waals surface area contributed by atoms with Gasteiger partial charge in [0.1, 0.15) is 0 Å². The fraction of sp³-hybridized carbons (Fsp3) is 0.385. The number of benzene rings is 1. The maximum absolute atomic E-state index is 11.6. The molecule has 3 heterocycles. The smallest absolute Gasteiger partial charge is 0.317 e. The fourth-order valence-electron chi connectivity index (χ4n) is 2.84. The Bertz CT molecular complexity index is 684. The maximum atomic E-state index is 11.6. The van der Waals surface area contributed by atoms with Gasteiger partial charge in [0, 0.05) is 31.9 Å². The minimum Gasteiger partial charge on any atom is -0.399 e. The quantitative estimate of drug-likeness (QED) is 0.771. The summed E-state index contributed by atoms with van der Waals surface area (Å²) < 4.78 is 1.11. The predicted molar refractivity (Wildman–Crippen MR) is 80.1 cm³/mol. The lowest BCUT2D eigenvalue weighted by molar-refractivity contribution is 0.197. The topological polar surface area (TPSA) is 74.5 Å². The molecule has 7 heteroatoms. The number of piperazine rings is 1. The summed E-state index contributed by atoms with van der Waals surface area (Å²) >= 11 is 1.66. The Kier molecular flexibility index (Phi) is 2.50. The number of carbonyl (C=O) groups is 1. The molecule has 2 saturated heterocycles. The van der Waals surface area contributed by atoms with Crippen LogP contribution in [0.25, 0.3) is 10.2 Å². The lowest BCUT2D eigenvalue weighted by atomic mass is 10.2. The van der Waals surface area contributed by atoms with Gasteiger partial charge in [0.2, 0.25) is 0 Å². The molecule has 3 N–H and O–H groups in total. The molecule has 4 rings (SSSR count). The third kappa shape index (κ3) is 1.77. The summed E-state index contributed by atoms with van der Waals surface area (Å²) in [5.74, 6) is 0. The zero-order valence-electron chi connectivity index (χ0n) is 10.9. The van der Waals surface area contributed by atoms with Gasteiger partial charge in [0.05, 0.1) is 16.3 Å². The van der Waals surface area contributed by atoms with E-state index in [0.29, 0.717) is 0 Å². The highest BCUT2D eigenvalue weighted by molar-refractivity contribution is 7.22. The first-order valence-electron chi connectivity index (χ1n) is 6.66. The SMILES string of the molecule is Nc1ccc2nc(N3CCN4C(=O)NCC4C3)sc2c1. The molecule has 104 valence electrons. The summed E-state index contributed by atoms with van der Waals surface area (Å²) in [6, 6.07) is 6.12. The van der Waals surface area contributed by atoms with Gasteiger partial charge in [-0.2, -0.15) is 0 Å². The standard InChI is InChI=1S/C13H15N5OS/c14-8-1-2-10-11(5-8)20-13(16-10)17-3-4-18-9(7-17)6-15-12(18)19/h1-2,5,9H,3-4,6-7,14H2,(H,15,19). The van der Waals surface area contributed by atoms with Crippen LogP contribution >= 0.6 is 11.3 Å². The number of nitrogens with zero attached hydrogens (tertiary/aromatic N) is 3. The van der Waals surface area contributed by atoms with Gasteiger partial charge in [-0.3, -0.25) is 0 Å². The van der Waals surface area contributed by atoms with E-state index in [2.05, 4.69) is 15.2 Å². The number of nitrogens with two attached hydrogens (primary N) is 1. The molecule has 20 heavy (non-hydrogen) atoms. The summed E-state index contributed by atoms with van der Waals surface area (Å²) in [6.45, 7) is 3.16. The van der Waals surface area contributed by atoms with Crippen LogP contribution in [0.2, 0.25) is 0 Å². The number of fused-ring (bicyclic) bond motifs is 2. The summed E-state index contributed by atoms with van der Waals surface area (Å²) in [7, 11) is 0. The van der Waals surface area contributed by atoms with Gasteiger partial charge in [-0.05, 0) is 18.2 Å². The van der Waals surface area contributed by atoms with Crippen molar-refractivity contribution in [1.29, 1.82) is 0 Å². The number of aromatic nitrogens is 1. The van der Waals surface area contributed by atoms with E-state index in [0.717, 1.165) is 47.2 Å². The minimum atomic E-state index is 0.0618. The lowest BCUT2D eigenvalue weighted by Gasteiger charge is -2.36. The van der Waals surface area contributed by atoms with Gasteiger partial charge >= 0.3 is 6.03 Å². The van der Waals surface area contributed by atoms with Crippen LogP contribution in [0.3, 0.4) is 0 Å². The van der Waals surface area contributed by atoms with Crippen LogP contribution in [0.1, 0.15) is 0 Å². The highest BCUT2D eigenvalue weighted by atomic mass is 32.1. The van der Waals surface area contributed by atoms with Crippen LogP contribution < -0.4 is 16.0 Å². The Hall–Kier alpha value is -2.02. The van der Waals surface area contributed by atoms with Crippen molar-refractivity contribution in [1.82, 2.24) is 15.2 Å². The van der Waals surface area contributed by atoms with E-state index in [9.17, 15) is 4.79 Å². The molecular weight excluding hydrogens is 274 g/mol. The highest BCUT2D eigenvalue weighted by Crippen LogP contribution is 2.31. The van der Waals surface area contributed by atoms with Crippen LogP contribution in [0.4, 0.5) is 15.6 Å². The van der Waals surface area contributed by atoms with Crippen LogP contribution in [-0.2, 0) is 0 Å². The summed E-state index contributed by atoms with van der Waals surface area (Å²) in [5, 5.41) is 3.91. The van der Waals surface area contributed by atoms with Crippen molar-refractivity contribution in [2.75, 3.05) is 36.8 Å². The Balaban J connectivity index is 1.62. The van der Waals surface area contributed by atoms with Gasteiger partial charge in [-0.15, -0.1) is 0 Å². The zero-order valence-corrected chi connectivity index (χ0v) is 11.7. The van der Waals surface area contributed by atoms with Gasteiger partial charge in [0.15, 0.2) is 5.13 Å². The molecule has 0 aliphatic carbocycles. The molecular formula is C13H15N5OS. The van der Waals surface area contributed by atoms with E-state index in [1.54, 1.807) is 11.3 Å². The van der Waals surface area contributed by atoms with Crippen molar-refractivity contribution in [2.45, 2.75) is 6.04 Å². The molecule has 1 aromatic heterocycles. The Morgan fingerprint density at radius 3 is 3.20 bits per heavy atom. The van der Waals surface area contributed by atoms with E-state index in [1.807, 2.05) is 23.1 Å². The Morgan fingerprint density at radius 2 is 2.30 bits per heavy atom. The average Bonchev–Trinajstić information content (AvgIpc) is 3.02. The zero-order chi connectivity index (χ0) is 13.7. The molecule has 1 aromatic carbocycles. The first-order chi connectivity index (χ1) is 9.70. The number of rotatable bonds is 1. The normalized spacial score (nSPS) is 22.2. The van der Waals surface area contributed by atoms with Crippen LogP contribution in [0, 0.1) is 0 Å². The molecule has 2 aliphatic rings. The Labute approximate surface area is 120 Å². The van der Waals surface area contributed by atoms with E-state index in [1.165, 1.54) is 0 Å². The van der Waals surface area contributed by atoms with Crippen molar-refractivity contribution in [2.24, 2.45) is 0 Å². The van der Waals surface area contributed by atoms with Gasteiger partial charge < -0.3 is 20.9 Å². The Morgan fingerprint density at radius 1 is 1.40 bits per heavy atom. The van der Waals surface area contributed by atoms with Gasteiger partial charge in [0.25, 0.3) is 0 Å². The molecule has 2 aliphatic heterocycles. The number of amides is 2. The molecule has 1 atom stereocenters. The third-order valence-corrected chi connectivity index (χ3v) is 4.98. The number of nitrogens with one attached hydrogen (secondary N) is 1. The first kappa shape index (κ1) is 11.8. The van der Waals surface area contributed by atoms with Crippen molar-refractivity contribution < 1.29 is 4.79 Å². The molecule has 1 unspecified atom stereocenters. The second-order valence-corrected chi connectivity index (χ2v) is 6.21. The maximum Gasteiger partial charge on any atom is 0.317 e. The van der Waals surface area contributed by atoms with Gasteiger partial charge in [-0.1, -0.05) is 11.3 Å². The molecule has 0 spiro atoms. The van der Waals surface area contributed by atoms with E-state index >= 15 is 0 Å². The summed E-state index contributed by atoms with van der Waals surface area (Å²) in [4.78, 5) is 20.5. The molecule has 6 nitrogen and oxygen atoms in total. The summed E-state index contributed by atoms with van der Waals surface area (Å²) in [6.07, 6.45) is 0. The monoisotopic (exact) mass is 289 g/mol. The number of nitrogen functional groups attached to an aromatic ring is 1. The van der Waals surface area contributed by atoms with Gasteiger partial charge in [-0.25, -0.2) is 9.78 Å². The number of carbonyl (C=O) groups excluding carboxylic acids is 1. The summed E-state index contributed by atoms with van der Waals surface area (Å²) in [5.41, 5.74) is 7.56. The molecule has 0 saturated carbocycles. The number of thiazole rings is 1. The lowest BCUT2D eigenvalue weighted by Crippen LogP contribution is -2.52. The molecule has 0 bridgehead atoms. The van der Waals surface area contributed by atoms with Crippen molar-refractivity contribution >= 4 is 38.4 Å². The first-order valence-corrected chi connectivity index (χ1v) is 7.48. The largest absolute Gasteiger partial charge is 0.399 e. The molecule has 2 fully saturated rings. The average molecular weight is 289 g/mol. The number of hydrogen-bond acceptors (Lipinski definition) is 5. The highest BCUT2D eigenvalue weighted by Gasteiger charge is 2.36. The fourth-order valence-corrected chi connectivity index (χ4v) is 3.89. The van der Waals surface area contributed by atoms with Crippen LogP contribution in [0.5, 0.6) is 0 Å². The van der Waals surface area contributed by atoms with E-state index in [4.69, 9.17) is 5.73 Å². The molecule has 2 amide bonds. The van der Waals surface area contributed by atoms with Crippen molar-refractivity contribution in [3.63, 3.8) is 0 Å². The van der Waals surface area contributed by atoms with Crippen molar-refractivity contribution in [3.8, 4) is 0 Å². The number of urea groups is 1. The number of anilines is 2. The number of hydrogen-bond donors (Lipinski definition) is 2. The van der Waals surface area contributed by atoms with E-state index in [-0.39, 0.29) is 12.1 Å². The molecule has 2 aromatic rings. The second kappa shape index (κ2) is 4.24. The van der Waals surface area contributed by atoms with Crippen LogP contribution in [0.15, 0.2) is 18.2 Å². The second-order valence-electron chi connectivity index (χ2n) is 5.20. The van der Waals surface area contributed by atoms with Crippen LogP contribution in [-0.4, -0.2) is 48.1 Å². The molecule has 0 radical (unpaired) electrons. The predicted octanol–water partition coefficient (Wildman–Crippen LogP) is 1.09.